The number of phenols is 1. The summed E-state index contributed by atoms with van der Waals surface area (Å²) >= 11 is 0. The number of aromatic hydroxyl groups is 1. The number of rotatable bonds is 7. The Labute approximate surface area is 114 Å². The van der Waals surface area contributed by atoms with Crippen LogP contribution >= 0.6 is 0 Å². The van der Waals surface area contributed by atoms with Crippen molar-refractivity contribution in [1.82, 2.24) is 5.32 Å². The number of phenolic OH excluding ortho intramolecular Hbond substituents is 1. The topological polar surface area (TPSA) is 124 Å². The van der Waals surface area contributed by atoms with Gasteiger partial charge in [-0.2, -0.15) is 0 Å². The van der Waals surface area contributed by atoms with Crippen LogP contribution in [0.1, 0.15) is 29.6 Å². The molecule has 0 saturated carbocycles. The van der Waals surface area contributed by atoms with Gasteiger partial charge in [0.05, 0.1) is 5.56 Å². The second kappa shape index (κ2) is 7.13. The zero-order valence-electron chi connectivity index (χ0n) is 10.6. The summed E-state index contributed by atoms with van der Waals surface area (Å²) in [6.07, 6.45) is -0.0371. The molecule has 0 aromatic heterocycles. The maximum atomic E-state index is 11.8. The molecule has 0 unspecified atom stereocenters. The summed E-state index contributed by atoms with van der Waals surface area (Å²) in [4.78, 5) is 33.2. The van der Waals surface area contributed by atoms with Gasteiger partial charge in [-0.3, -0.25) is 9.59 Å². The maximum Gasteiger partial charge on any atom is 0.326 e. The number of aliphatic carboxylic acids is 2. The molecule has 20 heavy (non-hydrogen) atoms. The summed E-state index contributed by atoms with van der Waals surface area (Å²) in [6, 6.07) is 4.56. The van der Waals surface area contributed by atoms with E-state index in [1.165, 1.54) is 24.3 Å². The number of hydrogen-bond donors (Lipinski definition) is 4. The van der Waals surface area contributed by atoms with Crippen molar-refractivity contribution in [3.05, 3.63) is 29.8 Å². The number of carboxylic acids is 2. The average Bonchev–Trinajstić information content (AvgIpc) is 2.37. The Bertz CT molecular complexity index is 513. The lowest BCUT2D eigenvalue weighted by Gasteiger charge is -2.14. The Morgan fingerprint density at radius 2 is 1.80 bits per heavy atom. The average molecular weight is 281 g/mol. The highest BCUT2D eigenvalue weighted by molar-refractivity contribution is 5.98. The van der Waals surface area contributed by atoms with E-state index >= 15 is 0 Å². The van der Waals surface area contributed by atoms with E-state index in [4.69, 9.17) is 10.2 Å². The van der Waals surface area contributed by atoms with Crippen LogP contribution in [0.25, 0.3) is 0 Å². The van der Waals surface area contributed by atoms with Crippen LogP contribution in [-0.2, 0) is 9.59 Å². The second-order valence-electron chi connectivity index (χ2n) is 4.17. The second-order valence-corrected chi connectivity index (χ2v) is 4.17. The van der Waals surface area contributed by atoms with Crippen LogP contribution in [0.4, 0.5) is 0 Å². The van der Waals surface area contributed by atoms with Crippen LogP contribution in [0.3, 0.4) is 0 Å². The predicted molar refractivity (Wildman–Crippen MR) is 68.5 cm³/mol. The van der Waals surface area contributed by atoms with Gasteiger partial charge < -0.3 is 20.6 Å². The first-order valence-electron chi connectivity index (χ1n) is 5.95. The molecule has 1 aromatic carbocycles. The molecule has 108 valence electrons. The molecular formula is C13H15NO6. The van der Waals surface area contributed by atoms with Crippen LogP contribution in [-0.4, -0.2) is 39.2 Å². The van der Waals surface area contributed by atoms with Crippen molar-refractivity contribution in [3.63, 3.8) is 0 Å². The molecule has 1 atom stereocenters. The molecule has 7 heteroatoms. The molecule has 0 aliphatic rings. The fourth-order valence-electron chi connectivity index (χ4n) is 1.62. The summed E-state index contributed by atoms with van der Waals surface area (Å²) in [5.74, 6) is -3.24. The lowest BCUT2D eigenvalue weighted by molar-refractivity contribution is -0.140. The van der Waals surface area contributed by atoms with Crippen molar-refractivity contribution in [2.75, 3.05) is 0 Å². The standard InChI is InChI=1S/C13H15NO6/c15-10-6-2-1-4-8(10)12(18)14-9(13(19)20)5-3-7-11(16)17/h1-2,4,6,9,15H,3,5,7H2,(H,14,18)(H,16,17)(H,19,20)/t9-/m1/s1. The minimum atomic E-state index is -1.25. The van der Waals surface area contributed by atoms with Crippen LogP contribution in [0.2, 0.25) is 0 Å². The molecule has 0 radical (unpaired) electrons. The maximum absolute atomic E-state index is 11.8. The highest BCUT2D eigenvalue weighted by Gasteiger charge is 2.21. The van der Waals surface area contributed by atoms with Gasteiger partial charge in [-0.1, -0.05) is 12.1 Å². The van der Waals surface area contributed by atoms with Gasteiger partial charge >= 0.3 is 11.9 Å². The Hall–Kier alpha value is -2.57. The van der Waals surface area contributed by atoms with E-state index < -0.39 is 23.9 Å². The molecule has 0 aliphatic heterocycles. The van der Waals surface area contributed by atoms with Crippen LogP contribution in [0.15, 0.2) is 24.3 Å². The van der Waals surface area contributed by atoms with Gasteiger partial charge in [0.15, 0.2) is 0 Å². The summed E-state index contributed by atoms with van der Waals surface area (Å²) in [6.45, 7) is 0. The lowest BCUT2D eigenvalue weighted by atomic mass is 10.1. The van der Waals surface area contributed by atoms with E-state index in [9.17, 15) is 19.5 Å². The number of carbonyl (C=O) groups is 3. The van der Waals surface area contributed by atoms with Gasteiger partial charge in [0.1, 0.15) is 11.8 Å². The fraction of sp³-hybridized carbons (Fsp3) is 0.308. The minimum absolute atomic E-state index is 0.000961. The predicted octanol–water partition coefficient (Wildman–Crippen LogP) is 0.830. The largest absolute Gasteiger partial charge is 0.507 e. The molecule has 0 heterocycles. The first-order valence-corrected chi connectivity index (χ1v) is 5.95. The van der Waals surface area contributed by atoms with Crippen LogP contribution in [0.5, 0.6) is 5.75 Å². The molecule has 7 nitrogen and oxygen atoms in total. The van der Waals surface area contributed by atoms with E-state index in [1.807, 2.05) is 0 Å². The summed E-state index contributed by atoms with van der Waals surface area (Å²) in [5.41, 5.74) is -0.0306. The van der Waals surface area contributed by atoms with Gasteiger partial charge in [0.2, 0.25) is 0 Å². The van der Waals surface area contributed by atoms with Gasteiger partial charge in [-0.15, -0.1) is 0 Å². The van der Waals surface area contributed by atoms with Crippen LogP contribution < -0.4 is 5.32 Å². The Balaban J connectivity index is 2.66. The molecule has 0 spiro atoms. The number of nitrogens with one attached hydrogen (secondary N) is 1. The third-order valence-electron chi connectivity index (χ3n) is 2.64. The highest BCUT2D eigenvalue weighted by Crippen LogP contribution is 2.15. The lowest BCUT2D eigenvalue weighted by Crippen LogP contribution is -2.40. The monoisotopic (exact) mass is 281 g/mol. The molecule has 1 amide bonds. The molecule has 1 aromatic rings. The minimum Gasteiger partial charge on any atom is -0.507 e. The van der Waals surface area contributed by atoms with Crippen LogP contribution in [0, 0.1) is 0 Å². The molecule has 0 aliphatic carbocycles. The normalized spacial score (nSPS) is 11.6. The Kier molecular flexibility index (Phi) is 5.52. The molecule has 1 rings (SSSR count). The van der Waals surface area contributed by atoms with Crippen molar-refractivity contribution in [3.8, 4) is 5.75 Å². The third-order valence-corrected chi connectivity index (χ3v) is 2.64. The molecule has 0 fully saturated rings. The molecule has 0 bridgehead atoms. The van der Waals surface area contributed by atoms with Crippen molar-refractivity contribution < 1.29 is 29.7 Å². The first kappa shape index (κ1) is 15.5. The summed E-state index contributed by atoms with van der Waals surface area (Å²) in [7, 11) is 0. The number of benzene rings is 1. The Morgan fingerprint density at radius 1 is 1.15 bits per heavy atom. The fourth-order valence-corrected chi connectivity index (χ4v) is 1.62. The number of para-hydroxylation sites is 1. The van der Waals surface area contributed by atoms with E-state index in [2.05, 4.69) is 5.32 Å². The van der Waals surface area contributed by atoms with Gasteiger partial charge in [0, 0.05) is 6.42 Å². The quantitative estimate of drug-likeness (QED) is 0.587. The number of amides is 1. The van der Waals surface area contributed by atoms with Gasteiger partial charge in [-0.25, -0.2) is 4.79 Å². The van der Waals surface area contributed by atoms with Crippen molar-refractivity contribution in [1.29, 1.82) is 0 Å². The van der Waals surface area contributed by atoms with E-state index in [0.29, 0.717) is 0 Å². The molecular weight excluding hydrogens is 266 g/mol. The van der Waals surface area contributed by atoms with E-state index in [-0.39, 0.29) is 30.6 Å². The van der Waals surface area contributed by atoms with Crippen molar-refractivity contribution >= 4 is 17.8 Å². The zero-order valence-corrected chi connectivity index (χ0v) is 10.6. The van der Waals surface area contributed by atoms with Crippen molar-refractivity contribution in [2.45, 2.75) is 25.3 Å². The number of carboxylic acid groups (broad SMARTS) is 2. The number of hydrogen-bond acceptors (Lipinski definition) is 4. The summed E-state index contributed by atoms with van der Waals surface area (Å²) < 4.78 is 0. The smallest absolute Gasteiger partial charge is 0.326 e. The number of carbonyl (C=O) groups excluding carboxylic acids is 1. The summed E-state index contributed by atoms with van der Waals surface area (Å²) in [5, 5.41) is 29.2. The van der Waals surface area contributed by atoms with E-state index in [0.717, 1.165) is 0 Å². The first-order chi connectivity index (χ1) is 9.41. The third kappa shape index (κ3) is 4.60. The SMILES string of the molecule is O=C(O)CCC[C@@H](NC(=O)c1ccccc1O)C(=O)O. The van der Waals surface area contributed by atoms with Gasteiger partial charge in [0.25, 0.3) is 5.91 Å². The molecule has 4 N–H and O–H groups in total. The molecule has 0 saturated heterocycles. The highest BCUT2D eigenvalue weighted by atomic mass is 16.4. The van der Waals surface area contributed by atoms with E-state index in [1.54, 1.807) is 0 Å². The van der Waals surface area contributed by atoms with Crippen molar-refractivity contribution in [2.24, 2.45) is 0 Å². The Morgan fingerprint density at radius 3 is 2.35 bits per heavy atom. The van der Waals surface area contributed by atoms with Gasteiger partial charge in [-0.05, 0) is 25.0 Å². The zero-order chi connectivity index (χ0) is 15.1.